The predicted molar refractivity (Wildman–Crippen MR) is 73.2 cm³/mol. The van der Waals surface area contributed by atoms with Gasteiger partial charge in [-0.15, -0.1) is 0 Å². The highest BCUT2D eigenvalue weighted by Gasteiger charge is 2.50. The van der Waals surface area contributed by atoms with E-state index in [0.29, 0.717) is 26.4 Å². The number of hydrogen-bond donors (Lipinski definition) is 1. The lowest BCUT2D eigenvalue weighted by molar-refractivity contribution is -0.153. The molecule has 1 spiro atoms. The molecule has 0 aromatic heterocycles. The lowest BCUT2D eigenvalue weighted by atomic mass is 9.91. The zero-order valence-corrected chi connectivity index (χ0v) is 12.2. The Kier molecular flexibility index (Phi) is 5.37. The van der Waals surface area contributed by atoms with Crippen molar-refractivity contribution in [3.05, 3.63) is 0 Å². The van der Waals surface area contributed by atoms with Crippen LogP contribution in [0.4, 0.5) is 0 Å². The maximum absolute atomic E-state index is 12.2. The average Bonchev–Trinajstić information content (AvgIpc) is 2.92. The number of nitrogens with zero attached hydrogens (tertiary/aromatic N) is 1. The summed E-state index contributed by atoms with van der Waals surface area (Å²) in [6.07, 6.45) is 4.36. The molecule has 0 unspecified atom stereocenters. The van der Waals surface area contributed by atoms with Crippen LogP contribution in [0.5, 0.6) is 0 Å². The van der Waals surface area contributed by atoms with Crippen molar-refractivity contribution in [2.75, 3.05) is 40.0 Å². The molecule has 1 aliphatic heterocycles. The fraction of sp³-hybridized carbons (Fsp3) is 0.857. The molecule has 0 radical (unpaired) electrons. The van der Waals surface area contributed by atoms with Crippen LogP contribution in [0.1, 0.15) is 32.1 Å². The third kappa shape index (κ3) is 3.12. The monoisotopic (exact) mass is 284 g/mol. The molecule has 2 aliphatic rings. The number of carbonyl (C=O) groups excluding carboxylic acids is 2. The summed E-state index contributed by atoms with van der Waals surface area (Å²) in [7, 11) is 1.64. The number of carbonyl (C=O) groups is 2. The first-order chi connectivity index (χ1) is 9.70. The SMILES string of the molecule is COCCOCCCN1C(=O)CNC(=O)C12CCCC2. The van der Waals surface area contributed by atoms with Crippen molar-refractivity contribution in [3.63, 3.8) is 0 Å². The number of methoxy groups -OCH3 is 1. The Balaban J connectivity index is 1.86. The largest absolute Gasteiger partial charge is 0.382 e. The second-order valence-corrected chi connectivity index (χ2v) is 5.43. The summed E-state index contributed by atoms with van der Waals surface area (Å²) >= 11 is 0. The van der Waals surface area contributed by atoms with Crippen LogP contribution >= 0.6 is 0 Å². The van der Waals surface area contributed by atoms with Gasteiger partial charge in [0.05, 0.1) is 19.8 Å². The summed E-state index contributed by atoms with van der Waals surface area (Å²) in [4.78, 5) is 26.1. The van der Waals surface area contributed by atoms with Crippen molar-refractivity contribution < 1.29 is 19.1 Å². The van der Waals surface area contributed by atoms with Gasteiger partial charge in [0.15, 0.2) is 0 Å². The van der Waals surface area contributed by atoms with E-state index < -0.39 is 5.54 Å². The molecule has 0 aromatic carbocycles. The van der Waals surface area contributed by atoms with E-state index in [4.69, 9.17) is 9.47 Å². The van der Waals surface area contributed by atoms with Gasteiger partial charge in [-0.1, -0.05) is 12.8 Å². The molecule has 1 saturated heterocycles. The van der Waals surface area contributed by atoms with Gasteiger partial charge in [0, 0.05) is 20.3 Å². The molecule has 0 aromatic rings. The molecule has 2 amide bonds. The van der Waals surface area contributed by atoms with Gasteiger partial charge in [0.1, 0.15) is 5.54 Å². The third-order valence-electron chi connectivity index (χ3n) is 4.17. The van der Waals surface area contributed by atoms with E-state index in [2.05, 4.69) is 5.32 Å². The molecular formula is C14H24N2O4. The Morgan fingerprint density at radius 2 is 1.95 bits per heavy atom. The summed E-state index contributed by atoms with van der Waals surface area (Å²) in [5.74, 6) is 0.0540. The molecule has 1 heterocycles. The van der Waals surface area contributed by atoms with Crippen LogP contribution in [0.25, 0.3) is 0 Å². The van der Waals surface area contributed by atoms with Crippen LogP contribution < -0.4 is 5.32 Å². The van der Waals surface area contributed by atoms with Crippen molar-refractivity contribution in [3.8, 4) is 0 Å². The van der Waals surface area contributed by atoms with Gasteiger partial charge in [0.2, 0.25) is 11.8 Å². The quantitative estimate of drug-likeness (QED) is 0.683. The van der Waals surface area contributed by atoms with Crippen LogP contribution in [-0.4, -0.2) is 62.3 Å². The summed E-state index contributed by atoms with van der Waals surface area (Å²) in [5.41, 5.74) is -0.581. The second-order valence-electron chi connectivity index (χ2n) is 5.43. The minimum absolute atomic E-state index is 0.0231. The van der Waals surface area contributed by atoms with Gasteiger partial charge >= 0.3 is 0 Å². The standard InChI is InChI=1S/C14H24N2O4/c1-19-9-10-20-8-4-7-16-12(17)11-15-13(18)14(16)5-2-3-6-14/h2-11H2,1H3,(H,15,18). The van der Waals surface area contributed by atoms with Crippen LogP contribution in [0.2, 0.25) is 0 Å². The van der Waals surface area contributed by atoms with Crippen molar-refractivity contribution >= 4 is 11.8 Å². The zero-order valence-electron chi connectivity index (χ0n) is 12.2. The maximum Gasteiger partial charge on any atom is 0.246 e. The van der Waals surface area contributed by atoms with Crippen molar-refractivity contribution in [1.29, 1.82) is 0 Å². The Bertz CT molecular complexity index is 353. The average molecular weight is 284 g/mol. The molecule has 0 bridgehead atoms. The van der Waals surface area contributed by atoms with E-state index >= 15 is 0 Å². The molecule has 6 heteroatoms. The lowest BCUT2D eigenvalue weighted by Gasteiger charge is -2.43. The van der Waals surface area contributed by atoms with Crippen molar-refractivity contribution in [1.82, 2.24) is 10.2 Å². The number of piperazine rings is 1. The number of amides is 2. The first-order valence-corrected chi connectivity index (χ1v) is 7.36. The Morgan fingerprint density at radius 3 is 2.65 bits per heavy atom. The predicted octanol–water partition coefficient (Wildman–Crippen LogP) is 0.311. The number of rotatable bonds is 7. The smallest absolute Gasteiger partial charge is 0.246 e. The molecule has 2 fully saturated rings. The Labute approximate surface area is 119 Å². The van der Waals surface area contributed by atoms with Crippen LogP contribution in [0, 0.1) is 0 Å². The highest BCUT2D eigenvalue weighted by atomic mass is 16.5. The van der Waals surface area contributed by atoms with E-state index in [1.807, 2.05) is 0 Å². The molecular weight excluding hydrogens is 260 g/mol. The fourth-order valence-electron chi connectivity index (χ4n) is 3.14. The van der Waals surface area contributed by atoms with Crippen LogP contribution in [0.15, 0.2) is 0 Å². The number of nitrogens with one attached hydrogen (secondary N) is 1. The lowest BCUT2D eigenvalue weighted by Crippen LogP contribution is -2.66. The second kappa shape index (κ2) is 7.04. The number of hydrogen-bond acceptors (Lipinski definition) is 4. The fourth-order valence-corrected chi connectivity index (χ4v) is 3.14. The molecule has 6 nitrogen and oxygen atoms in total. The van der Waals surface area contributed by atoms with Crippen LogP contribution in [-0.2, 0) is 19.1 Å². The minimum atomic E-state index is -0.581. The van der Waals surface area contributed by atoms with E-state index in [-0.39, 0.29) is 18.4 Å². The van der Waals surface area contributed by atoms with Crippen molar-refractivity contribution in [2.45, 2.75) is 37.6 Å². The van der Waals surface area contributed by atoms with Gasteiger partial charge in [0.25, 0.3) is 0 Å². The summed E-state index contributed by atoms with van der Waals surface area (Å²) in [5, 5.41) is 2.73. The normalized spacial score (nSPS) is 21.6. The van der Waals surface area contributed by atoms with Gasteiger partial charge < -0.3 is 19.7 Å². The van der Waals surface area contributed by atoms with Crippen LogP contribution in [0.3, 0.4) is 0 Å². The summed E-state index contributed by atoms with van der Waals surface area (Å²) in [6, 6.07) is 0. The van der Waals surface area contributed by atoms with E-state index in [1.54, 1.807) is 12.0 Å². The van der Waals surface area contributed by atoms with E-state index in [9.17, 15) is 9.59 Å². The van der Waals surface area contributed by atoms with Crippen molar-refractivity contribution in [2.24, 2.45) is 0 Å². The molecule has 20 heavy (non-hydrogen) atoms. The minimum Gasteiger partial charge on any atom is -0.382 e. The highest BCUT2D eigenvalue weighted by Crippen LogP contribution is 2.37. The summed E-state index contributed by atoms with van der Waals surface area (Å²) < 4.78 is 10.3. The molecule has 114 valence electrons. The molecule has 2 rings (SSSR count). The van der Waals surface area contributed by atoms with E-state index in [0.717, 1.165) is 32.1 Å². The van der Waals surface area contributed by atoms with Gasteiger partial charge in [-0.3, -0.25) is 9.59 Å². The first-order valence-electron chi connectivity index (χ1n) is 7.36. The highest BCUT2D eigenvalue weighted by molar-refractivity contribution is 5.98. The molecule has 1 saturated carbocycles. The molecule has 1 aliphatic carbocycles. The first kappa shape index (κ1) is 15.3. The topological polar surface area (TPSA) is 67.9 Å². The Hall–Kier alpha value is -1.14. The molecule has 1 N–H and O–H groups in total. The van der Waals surface area contributed by atoms with Gasteiger partial charge in [-0.05, 0) is 19.3 Å². The zero-order chi connectivity index (χ0) is 14.4. The third-order valence-corrected chi connectivity index (χ3v) is 4.17. The number of ether oxygens (including phenoxy) is 2. The Morgan fingerprint density at radius 1 is 1.20 bits per heavy atom. The van der Waals surface area contributed by atoms with E-state index in [1.165, 1.54) is 0 Å². The van der Waals surface area contributed by atoms with Gasteiger partial charge in [-0.25, -0.2) is 0 Å². The van der Waals surface area contributed by atoms with Gasteiger partial charge in [-0.2, -0.15) is 0 Å². The maximum atomic E-state index is 12.2. The summed E-state index contributed by atoms with van der Waals surface area (Å²) in [6.45, 7) is 2.46. The molecule has 0 atom stereocenters.